The van der Waals surface area contributed by atoms with Gasteiger partial charge in [0.2, 0.25) is 10.0 Å². The minimum Gasteiger partial charge on any atom is -0.481 e. The molecule has 0 aliphatic carbocycles. The molecule has 9 heteroatoms. The number of rotatable bonds is 5. The summed E-state index contributed by atoms with van der Waals surface area (Å²) in [4.78, 5) is 32.9. The standard InChI is InChI=1S/C11H10N2O6S/c14-9(15)3-4-12-20(18,19)6-1-2-7-8(5-6)11(17)13-10(7)16/h1-2,5,12H,3-4H2,(H,14,15)(H,13,16,17). The van der Waals surface area contributed by atoms with Crippen LogP contribution >= 0.6 is 0 Å². The Morgan fingerprint density at radius 1 is 1.20 bits per heavy atom. The first-order valence-corrected chi connectivity index (χ1v) is 7.01. The number of carboxylic acid groups (broad SMARTS) is 1. The van der Waals surface area contributed by atoms with Crippen LogP contribution in [0.25, 0.3) is 0 Å². The van der Waals surface area contributed by atoms with E-state index in [-0.39, 0.29) is 29.0 Å². The summed E-state index contributed by atoms with van der Waals surface area (Å²) in [7, 11) is -3.92. The van der Waals surface area contributed by atoms with Crippen LogP contribution in [-0.4, -0.2) is 37.9 Å². The first-order valence-electron chi connectivity index (χ1n) is 5.52. The fourth-order valence-electron chi connectivity index (χ4n) is 1.69. The Labute approximate surface area is 113 Å². The first kappa shape index (κ1) is 14.2. The van der Waals surface area contributed by atoms with Crippen LogP contribution < -0.4 is 10.0 Å². The van der Waals surface area contributed by atoms with E-state index >= 15 is 0 Å². The Balaban J connectivity index is 2.26. The monoisotopic (exact) mass is 298 g/mol. The summed E-state index contributed by atoms with van der Waals surface area (Å²) in [5.41, 5.74) is 0.0931. The molecule has 0 radical (unpaired) electrons. The van der Waals surface area contributed by atoms with E-state index in [2.05, 4.69) is 4.72 Å². The average Bonchev–Trinajstić information content (AvgIpc) is 2.64. The lowest BCUT2D eigenvalue weighted by Gasteiger charge is -2.06. The van der Waals surface area contributed by atoms with Gasteiger partial charge in [0.05, 0.1) is 22.4 Å². The van der Waals surface area contributed by atoms with Gasteiger partial charge >= 0.3 is 5.97 Å². The number of benzene rings is 1. The van der Waals surface area contributed by atoms with E-state index in [1.807, 2.05) is 5.32 Å². The average molecular weight is 298 g/mol. The van der Waals surface area contributed by atoms with Crippen molar-refractivity contribution in [1.29, 1.82) is 0 Å². The van der Waals surface area contributed by atoms with Crippen molar-refractivity contribution in [3.05, 3.63) is 29.3 Å². The minimum absolute atomic E-state index is 0.0175. The number of carbonyl (C=O) groups excluding carboxylic acids is 2. The molecule has 0 spiro atoms. The number of carbonyl (C=O) groups is 3. The van der Waals surface area contributed by atoms with E-state index < -0.39 is 27.8 Å². The van der Waals surface area contributed by atoms with Gasteiger partial charge < -0.3 is 5.11 Å². The topological polar surface area (TPSA) is 130 Å². The molecule has 0 bridgehead atoms. The number of amides is 2. The van der Waals surface area contributed by atoms with Crippen LogP contribution in [-0.2, 0) is 14.8 Å². The van der Waals surface area contributed by atoms with Crippen molar-refractivity contribution >= 4 is 27.8 Å². The summed E-state index contributed by atoms with van der Waals surface area (Å²) in [6.07, 6.45) is -0.358. The number of carboxylic acids is 1. The predicted molar refractivity (Wildman–Crippen MR) is 65.7 cm³/mol. The van der Waals surface area contributed by atoms with Gasteiger partial charge in [-0.15, -0.1) is 0 Å². The third-order valence-corrected chi connectivity index (χ3v) is 4.11. The number of sulfonamides is 1. The summed E-state index contributed by atoms with van der Waals surface area (Å²) in [5.74, 6) is -2.37. The Kier molecular flexibility index (Phi) is 3.55. The van der Waals surface area contributed by atoms with Crippen LogP contribution in [0.3, 0.4) is 0 Å². The molecule has 20 heavy (non-hydrogen) atoms. The smallest absolute Gasteiger partial charge is 0.304 e. The van der Waals surface area contributed by atoms with Crippen molar-refractivity contribution < 1.29 is 27.9 Å². The molecule has 0 aromatic heterocycles. The number of hydrogen-bond acceptors (Lipinski definition) is 5. The van der Waals surface area contributed by atoms with Crippen LogP contribution in [0.4, 0.5) is 0 Å². The highest BCUT2D eigenvalue weighted by Crippen LogP contribution is 2.20. The van der Waals surface area contributed by atoms with Crippen LogP contribution in [0.1, 0.15) is 27.1 Å². The van der Waals surface area contributed by atoms with Crippen LogP contribution in [0.15, 0.2) is 23.1 Å². The second-order valence-electron chi connectivity index (χ2n) is 4.03. The summed E-state index contributed by atoms with van der Waals surface area (Å²) >= 11 is 0. The SMILES string of the molecule is O=C(O)CCNS(=O)(=O)c1ccc2c(c1)C(=O)NC2=O. The molecule has 2 rings (SSSR count). The van der Waals surface area contributed by atoms with Crippen molar-refractivity contribution in [2.24, 2.45) is 0 Å². The normalized spacial score (nSPS) is 14.0. The lowest BCUT2D eigenvalue weighted by atomic mass is 10.1. The third-order valence-electron chi connectivity index (χ3n) is 2.65. The molecule has 1 heterocycles. The Morgan fingerprint density at radius 3 is 2.50 bits per heavy atom. The largest absolute Gasteiger partial charge is 0.481 e. The van der Waals surface area contributed by atoms with Gasteiger partial charge in [-0.05, 0) is 18.2 Å². The Morgan fingerprint density at radius 2 is 1.85 bits per heavy atom. The fourth-order valence-corrected chi connectivity index (χ4v) is 2.75. The summed E-state index contributed by atoms with van der Waals surface area (Å²) < 4.78 is 25.9. The highest BCUT2D eigenvalue weighted by Gasteiger charge is 2.28. The lowest BCUT2D eigenvalue weighted by Crippen LogP contribution is -2.26. The molecule has 0 unspecified atom stereocenters. The molecule has 0 saturated heterocycles. The molecule has 0 atom stereocenters. The van der Waals surface area contributed by atoms with Crippen molar-refractivity contribution in [3.63, 3.8) is 0 Å². The summed E-state index contributed by atoms with van der Waals surface area (Å²) in [6.45, 7) is -0.264. The second kappa shape index (κ2) is 5.02. The molecular formula is C11H10N2O6S. The maximum atomic E-state index is 11.9. The van der Waals surface area contributed by atoms with Gasteiger partial charge in [-0.2, -0.15) is 0 Å². The van der Waals surface area contributed by atoms with Gasteiger partial charge in [-0.3, -0.25) is 19.7 Å². The predicted octanol–water partition coefficient (Wildman–Crippen LogP) is -0.677. The molecule has 1 aromatic carbocycles. The molecule has 2 amide bonds. The van der Waals surface area contributed by atoms with Crippen LogP contribution in [0, 0.1) is 0 Å². The van der Waals surface area contributed by atoms with E-state index in [0.29, 0.717) is 0 Å². The summed E-state index contributed by atoms with van der Waals surface area (Å²) in [5, 5.41) is 10.5. The van der Waals surface area contributed by atoms with E-state index in [1.54, 1.807) is 0 Å². The maximum Gasteiger partial charge on any atom is 0.304 e. The number of hydrogen-bond donors (Lipinski definition) is 3. The molecule has 106 valence electrons. The molecule has 1 aliphatic heterocycles. The summed E-state index contributed by atoms with van der Waals surface area (Å²) in [6, 6.07) is 3.50. The van der Waals surface area contributed by atoms with Gasteiger partial charge in [0, 0.05) is 6.54 Å². The number of imide groups is 1. The molecule has 0 saturated carbocycles. The number of aliphatic carboxylic acids is 1. The zero-order chi connectivity index (χ0) is 14.9. The van der Waals surface area contributed by atoms with Crippen LogP contribution in [0.5, 0.6) is 0 Å². The lowest BCUT2D eigenvalue weighted by molar-refractivity contribution is -0.136. The molecule has 1 aromatic rings. The number of nitrogens with one attached hydrogen (secondary N) is 2. The van der Waals surface area contributed by atoms with Crippen molar-refractivity contribution in [2.75, 3.05) is 6.54 Å². The van der Waals surface area contributed by atoms with E-state index in [0.717, 1.165) is 6.07 Å². The van der Waals surface area contributed by atoms with Gasteiger partial charge in [-0.25, -0.2) is 13.1 Å². The first-order chi connectivity index (χ1) is 9.31. The number of fused-ring (bicyclic) bond motifs is 1. The minimum atomic E-state index is -3.92. The van der Waals surface area contributed by atoms with Crippen molar-refractivity contribution in [2.45, 2.75) is 11.3 Å². The van der Waals surface area contributed by atoms with E-state index in [9.17, 15) is 22.8 Å². The highest BCUT2D eigenvalue weighted by molar-refractivity contribution is 7.89. The highest BCUT2D eigenvalue weighted by atomic mass is 32.2. The van der Waals surface area contributed by atoms with E-state index in [1.165, 1.54) is 12.1 Å². The quantitative estimate of drug-likeness (QED) is 0.618. The molecule has 1 aliphatic rings. The van der Waals surface area contributed by atoms with Crippen LogP contribution in [0.2, 0.25) is 0 Å². The van der Waals surface area contributed by atoms with Gasteiger partial charge in [0.15, 0.2) is 0 Å². The van der Waals surface area contributed by atoms with E-state index in [4.69, 9.17) is 5.11 Å². The maximum absolute atomic E-state index is 11.9. The van der Waals surface area contributed by atoms with Gasteiger partial charge in [0.1, 0.15) is 0 Å². The fraction of sp³-hybridized carbons (Fsp3) is 0.182. The Bertz CT molecular complexity index is 710. The van der Waals surface area contributed by atoms with Gasteiger partial charge in [0.25, 0.3) is 11.8 Å². The zero-order valence-electron chi connectivity index (χ0n) is 10.0. The van der Waals surface area contributed by atoms with Crippen molar-refractivity contribution in [1.82, 2.24) is 10.0 Å². The van der Waals surface area contributed by atoms with Crippen molar-refractivity contribution in [3.8, 4) is 0 Å². The molecule has 3 N–H and O–H groups in total. The second-order valence-corrected chi connectivity index (χ2v) is 5.80. The third kappa shape index (κ3) is 2.68. The molecule has 8 nitrogen and oxygen atoms in total. The molecule has 0 fully saturated rings. The van der Waals surface area contributed by atoms with Gasteiger partial charge in [-0.1, -0.05) is 0 Å². The molecular weight excluding hydrogens is 288 g/mol. The Hall–Kier alpha value is -2.26. The zero-order valence-corrected chi connectivity index (χ0v) is 10.9.